The van der Waals surface area contributed by atoms with E-state index in [1.54, 1.807) is 0 Å². The van der Waals surface area contributed by atoms with Crippen molar-refractivity contribution < 1.29 is 19.4 Å². The van der Waals surface area contributed by atoms with Gasteiger partial charge in [-0.15, -0.1) is 0 Å². The average molecular weight is 297 g/mol. The molecule has 1 aliphatic heterocycles. The molecule has 1 saturated heterocycles. The van der Waals surface area contributed by atoms with Gasteiger partial charge in [-0.1, -0.05) is 25.7 Å². The molecule has 120 valence electrons. The Hall–Kier alpha value is -1.10. The van der Waals surface area contributed by atoms with Gasteiger partial charge < -0.3 is 15.2 Å². The fourth-order valence-electron chi connectivity index (χ4n) is 3.54. The zero-order chi connectivity index (χ0) is 15.5. The lowest BCUT2D eigenvalue weighted by atomic mass is 9.77. The first-order valence-corrected chi connectivity index (χ1v) is 8.04. The van der Waals surface area contributed by atoms with Crippen molar-refractivity contribution in [2.24, 2.45) is 5.41 Å². The van der Waals surface area contributed by atoms with Crippen LogP contribution in [0.15, 0.2) is 0 Å². The van der Waals surface area contributed by atoms with Gasteiger partial charge in [-0.2, -0.15) is 0 Å². The number of aliphatic carboxylic acids is 1. The van der Waals surface area contributed by atoms with Crippen LogP contribution in [0.25, 0.3) is 0 Å². The molecule has 0 radical (unpaired) electrons. The number of nitrogens with one attached hydrogen (secondary N) is 1. The zero-order valence-electron chi connectivity index (χ0n) is 13.1. The van der Waals surface area contributed by atoms with E-state index in [2.05, 4.69) is 5.32 Å². The fourth-order valence-corrected chi connectivity index (χ4v) is 3.54. The van der Waals surface area contributed by atoms with Crippen molar-refractivity contribution >= 4 is 11.9 Å². The third-order valence-corrected chi connectivity index (χ3v) is 5.32. The Balaban J connectivity index is 2.03. The third kappa shape index (κ3) is 3.57. The maximum absolute atomic E-state index is 12.4. The van der Waals surface area contributed by atoms with Crippen LogP contribution in [0.5, 0.6) is 0 Å². The Morgan fingerprint density at radius 3 is 2.29 bits per heavy atom. The summed E-state index contributed by atoms with van der Waals surface area (Å²) in [5.41, 5.74) is -1.25. The summed E-state index contributed by atoms with van der Waals surface area (Å²) >= 11 is 0. The van der Waals surface area contributed by atoms with Crippen LogP contribution < -0.4 is 5.32 Å². The molecule has 2 N–H and O–H groups in total. The van der Waals surface area contributed by atoms with Crippen molar-refractivity contribution in [2.75, 3.05) is 6.61 Å². The van der Waals surface area contributed by atoms with Crippen LogP contribution in [-0.4, -0.2) is 35.2 Å². The highest BCUT2D eigenvalue weighted by Gasteiger charge is 2.43. The molecule has 1 amide bonds. The quantitative estimate of drug-likeness (QED) is 0.782. The number of carbonyl (C=O) groups is 2. The molecule has 1 saturated carbocycles. The monoisotopic (exact) mass is 297 g/mol. The van der Waals surface area contributed by atoms with Gasteiger partial charge in [-0.25, -0.2) is 0 Å². The Morgan fingerprint density at radius 2 is 1.81 bits per heavy atom. The van der Waals surface area contributed by atoms with Crippen LogP contribution in [0, 0.1) is 5.41 Å². The molecule has 0 bridgehead atoms. The van der Waals surface area contributed by atoms with Crippen LogP contribution in [-0.2, 0) is 14.3 Å². The predicted molar refractivity (Wildman–Crippen MR) is 79.0 cm³/mol. The van der Waals surface area contributed by atoms with Crippen LogP contribution in [0.1, 0.15) is 65.2 Å². The smallest absolute Gasteiger partial charge is 0.310 e. The van der Waals surface area contributed by atoms with Gasteiger partial charge in [0.05, 0.1) is 17.1 Å². The number of ether oxygens (including phenoxy) is 1. The molecule has 5 heteroatoms. The number of amides is 1. The van der Waals surface area contributed by atoms with Gasteiger partial charge >= 0.3 is 5.97 Å². The summed E-state index contributed by atoms with van der Waals surface area (Å²) in [5.74, 6) is -0.973. The minimum absolute atomic E-state index is 0.0311. The van der Waals surface area contributed by atoms with E-state index >= 15 is 0 Å². The summed E-state index contributed by atoms with van der Waals surface area (Å²) < 4.78 is 5.52. The van der Waals surface area contributed by atoms with E-state index < -0.39 is 11.4 Å². The number of carboxylic acid groups (broad SMARTS) is 1. The fraction of sp³-hybridized carbons (Fsp3) is 0.875. The SMILES string of the molecule is CC1OCCC1(C)NC(=O)CC1(C(=O)O)CCCCCC1. The summed E-state index contributed by atoms with van der Waals surface area (Å²) in [7, 11) is 0. The van der Waals surface area contributed by atoms with Crippen molar-refractivity contribution in [1.82, 2.24) is 5.32 Å². The lowest BCUT2D eigenvalue weighted by Gasteiger charge is -2.32. The number of carboxylic acids is 1. The largest absolute Gasteiger partial charge is 0.481 e. The topological polar surface area (TPSA) is 75.6 Å². The van der Waals surface area contributed by atoms with Gasteiger partial charge in [0.15, 0.2) is 0 Å². The second-order valence-electron chi connectivity index (χ2n) is 6.91. The normalized spacial score (nSPS) is 32.4. The summed E-state index contributed by atoms with van der Waals surface area (Å²) in [6.07, 6.45) is 5.99. The molecule has 2 atom stereocenters. The number of hydrogen-bond acceptors (Lipinski definition) is 3. The van der Waals surface area contributed by atoms with E-state index in [-0.39, 0.29) is 24.0 Å². The molecule has 1 heterocycles. The molecule has 0 aromatic carbocycles. The standard InChI is InChI=1S/C16H27NO4/c1-12-15(2,9-10-21-12)17-13(18)11-16(14(19)20)7-5-3-4-6-8-16/h12H,3-11H2,1-2H3,(H,17,18)(H,19,20). The summed E-state index contributed by atoms with van der Waals surface area (Å²) in [6.45, 7) is 4.57. The number of carbonyl (C=O) groups excluding carboxylic acids is 1. The highest BCUT2D eigenvalue weighted by Crippen LogP contribution is 2.39. The minimum Gasteiger partial charge on any atom is -0.481 e. The minimum atomic E-state index is -0.875. The first-order chi connectivity index (χ1) is 9.88. The van der Waals surface area contributed by atoms with E-state index in [4.69, 9.17) is 4.74 Å². The van der Waals surface area contributed by atoms with Gasteiger partial charge in [0.2, 0.25) is 5.91 Å². The second kappa shape index (κ2) is 6.34. The zero-order valence-corrected chi connectivity index (χ0v) is 13.1. The van der Waals surface area contributed by atoms with Crippen LogP contribution in [0.2, 0.25) is 0 Å². The first kappa shape index (κ1) is 16.3. The Labute approximate surface area is 126 Å². The average Bonchev–Trinajstić information content (AvgIpc) is 2.63. The number of rotatable bonds is 4. The maximum atomic E-state index is 12.4. The lowest BCUT2D eigenvalue weighted by Crippen LogP contribution is -2.52. The van der Waals surface area contributed by atoms with E-state index in [0.717, 1.165) is 32.1 Å². The Bertz CT molecular complexity index is 401. The first-order valence-electron chi connectivity index (χ1n) is 8.04. The number of hydrogen-bond donors (Lipinski definition) is 2. The van der Waals surface area contributed by atoms with E-state index in [0.29, 0.717) is 19.4 Å². The van der Waals surface area contributed by atoms with Crippen LogP contribution in [0.3, 0.4) is 0 Å². The second-order valence-corrected chi connectivity index (χ2v) is 6.91. The summed E-state index contributed by atoms with van der Waals surface area (Å²) in [4.78, 5) is 24.2. The van der Waals surface area contributed by atoms with Crippen molar-refractivity contribution in [2.45, 2.75) is 76.9 Å². The Kier molecular flexibility index (Phi) is 4.91. The molecule has 0 spiro atoms. The summed E-state index contributed by atoms with van der Waals surface area (Å²) in [5, 5.41) is 12.7. The molecular formula is C16H27NO4. The van der Waals surface area contributed by atoms with Gasteiger partial charge in [-0.05, 0) is 33.1 Å². The van der Waals surface area contributed by atoms with Gasteiger partial charge in [0.25, 0.3) is 0 Å². The molecule has 21 heavy (non-hydrogen) atoms. The predicted octanol–water partition coefficient (Wildman–Crippen LogP) is 2.49. The lowest BCUT2D eigenvalue weighted by molar-refractivity contribution is -0.153. The third-order valence-electron chi connectivity index (χ3n) is 5.32. The molecule has 2 rings (SSSR count). The molecule has 2 unspecified atom stereocenters. The molecular weight excluding hydrogens is 270 g/mol. The maximum Gasteiger partial charge on any atom is 0.310 e. The van der Waals surface area contributed by atoms with E-state index in [1.165, 1.54) is 0 Å². The summed E-state index contributed by atoms with van der Waals surface area (Å²) in [6, 6.07) is 0. The van der Waals surface area contributed by atoms with Gasteiger partial charge in [0.1, 0.15) is 0 Å². The molecule has 0 aromatic heterocycles. The van der Waals surface area contributed by atoms with Crippen molar-refractivity contribution in [3.63, 3.8) is 0 Å². The van der Waals surface area contributed by atoms with Gasteiger partial charge in [0, 0.05) is 13.0 Å². The van der Waals surface area contributed by atoms with Crippen LogP contribution in [0.4, 0.5) is 0 Å². The van der Waals surface area contributed by atoms with E-state index in [1.807, 2.05) is 13.8 Å². The highest BCUT2D eigenvalue weighted by molar-refractivity contribution is 5.85. The van der Waals surface area contributed by atoms with Crippen LogP contribution >= 0.6 is 0 Å². The molecule has 5 nitrogen and oxygen atoms in total. The molecule has 1 aliphatic carbocycles. The highest BCUT2D eigenvalue weighted by atomic mass is 16.5. The Morgan fingerprint density at radius 1 is 1.19 bits per heavy atom. The molecule has 0 aromatic rings. The molecule has 2 aliphatic rings. The van der Waals surface area contributed by atoms with Crippen molar-refractivity contribution in [3.05, 3.63) is 0 Å². The molecule has 2 fully saturated rings. The van der Waals surface area contributed by atoms with Crippen molar-refractivity contribution in [1.29, 1.82) is 0 Å². The van der Waals surface area contributed by atoms with E-state index in [9.17, 15) is 14.7 Å². The van der Waals surface area contributed by atoms with Crippen molar-refractivity contribution in [3.8, 4) is 0 Å². The van der Waals surface area contributed by atoms with Gasteiger partial charge in [-0.3, -0.25) is 9.59 Å².